The molecule has 0 amide bonds. The minimum Gasteiger partial charge on any atom is -0.316 e. The highest BCUT2D eigenvalue weighted by Crippen LogP contribution is 2.21. The molecule has 0 aliphatic heterocycles. The summed E-state index contributed by atoms with van der Waals surface area (Å²) in [6.07, 6.45) is 0.591. The third kappa shape index (κ3) is 2.51. The van der Waals surface area contributed by atoms with Gasteiger partial charge in [0.25, 0.3) is 0 Å². The molecule has 0 saturated carbocycles. The van der Waals surface area contributed by atoms with Gasteiger partial charge in [-0.1, -0.05) is 11.6 Å². The fraction of sp³-hybridized carbons (Fsp3) is 0.286. The van der Waals surface area contributed by atoms with Gasteiger partial charge in [-0.25, -0.2) is 0 Å². The van der Waals surface area contributed by atoms with Crippen molar-refractivity contribution in [3.05, 3.63) is 21.3 Å². The van der Waals surface area contributed by atoms with Crippen molar-refractivity contribution in [2.45, 2.75) is 12.5 Å². The number of thiophene rings is 1. The predicted molar refractivity (Wildman–Crippen MR) is 46.6 cm³/mol. The van der Waals surface area contributed by atoms with E-state index in [-0.39, 0.29) is 0 Å². The molecule has 11 heavy (non-hydrogen) atoms. The molecule has 1 unspecified atom stereocenters. The molecule has 58 valence electrons. The van der Waals surface area contributed by atoms with Crippen molar-refractivity contribution in [2.24, 2.45) is 5.73 Å². The smallest absolute Gasteiger partial charge is 0.0976 e. The maximum Gasteiger partial charge on any atom is 0.0976 e. The minimum atomic E-state index is -0.412. The highest BCUT2D eigenvalue weighted by atomic mass is 35.5. The Labute approximate surface area is 74.2 Å². The minimum absolute atomic E-state index is 0.412. The van der Waals surface area contributed by atoms with Crippen LogP contribution < -0.4 is 5.73 Å². The van der Waals surface area contributed by atoms with E-state index in [1.54, 1.807) is 0 Å². The van der Waals surface area contributed by atoms with E-state index >= 15 is 0 Å². The van der Waals surface area contributed by atoms with Gasteiger partial charge in [-0.15, -0.1) is 11.3 Å². The van der Waals surface area contributed by atoms with E-state index in [1.165, 1.54) is 11.3 Å². The van der Waals surface area contributed by atoms with E-state index in [4.69, 9.17) is 22.6 Å². The van der Waals surface area contributed by atoms with E-state index < -0.39 is 6.04 Å². The number of nitrogens with zero attached hydrogens (tertiary/aromatic N) is 1. The van der Waals surface area contributed by atoms with Crippen LogP contribution in [0.15, 0.2) is 12.1 Å². The molecule has 1 aromatic heterocycles. The highest BCUT2D eigenvalue weighted by Gasteiger charge is 2.03. The first-order valence-electron chi connectivity index (χ1n) is 3.12. The third-order valence-electron chi connectivity index (χ3n) is 1.22. The Bertz CT molecular complexity index is 276. The second-order valence-corrected chi connectivity index (χ2v) is 3.95. The molecule has 1 atom stereocenters. The van der Waals surface area contributed by atoms with E-state index in [1.807, 2.05) is 18.2 Å². The molecule has 0 radical (unpaired) electrons. The summed E-state index contributed by atoms with van der Waals surface area (Å²) in [5.41, 5.74) is 5.42. The van der Waals surface area contributed by atoms with Crippen LogP contribution in [0.4, 0.5) is 0 Å². The summed E-state index contributed by atoms with van der Waals surface area (Å²) in [5.74, 6) is 0. The lowest BCUT2D eigenvalue weighted by atomic mass is 10.2. The Kier molecular flexibility index (Phi) is 2.89. The molecule has 0 saturated heterocycles. The highest BCUT2D eigenvalue weighted by molar-refractivity contribution is 7.16. The summed E-state index contributed by atoms with van der Waals surface area (Å²) in [7, 11) is 0. The van der Waals surface area contributed by atoms with Gasteiger partial charge >= 0.3 is 0 Å². The average Bonchev–Trinajstić information content (AvgIpc) is 2.35. The zero-order chi connectivity index (χ0) is 8.27. The van der Waals surface area contributed by atoms with Crippen molar-refractivity contribution < 1.29 is 0 Å². The summed E-state index contributed by atoms with van der Waals surface area (Å²) in [6.45, 7) is 0. The number of nitrogens with two attached hydrogens (primary N) is 1. The first-order valence-corrected chi connectivity index (χ1v) is 4.31. The van der Waals surface area contributed by atoms with Gasteiger partial charge in [0.15, 0.2) is 0 Å². The summed E-state index contributed by atoms with van der Waals surface area (Å²) in [5, 5.41) is 8.40. The lowest BCUT2D eigenvalue weighted by molar-refractivity contribution is 0.834. The van der Waals surface area contributed by atoms with E-state index in [0.29, 0.717) is 6.42 Å². The fourth-order valence-electron chi connectivity index (χ4n) is 0.724. The van der Waals surface area contributed by atoms with Gasteiger partial charge in [0.2, 0.25) is 0 Å². The number of nitriles is 1. The molecular formula is C7H7ClN2S. The standard InChI is InChI=1S/C7H7ClN2S/c8-7-2-1-6(11-7)3-5(10)4-9/h1-2,5H,3,10H2. The van der Waals surface area contributed by atoms with Crippen LogP contribution in [0.5, 0.6) is 0 Å². The quantitative estimate of drug-likeness (QED) is 0.766. The molecule has 0 fully saturated rings. The van der Waals surface area contributed by atoms with Crippen molar-refractivity contribution in [1.82, 2.24) is 0 Å². The molecule has 1 heterocycles. The maximum absolute atomic E-state index is 8.40. The molecule has 2 N–H and O–H groups in total. The molecule has 2 nitrogen and oxygen atoms in total. The Morgan fingerprint density at radius 1 is 1.73 bits per heavy atom. The Morgan fingerprint density at radius 2 is 2.45 bits per heavy atom. The summed E-state index contributed by atoms with van der Waals surface area (Å²) >= 11 is 7.15. The molecule has 0 aliphatic carbocycles. The summed E-state index contributed by atoms with van der Waals surface area (Å²) < 4.78 is 0.741. The van der Waals surface area contributed by atoms with Crippen LogP contribution in [0.25, 0.3) is 0 Å². The van der Waals surface area contributed by atoms with Crippen LogP contribution in [-0.2, 0) is 6.42 Å². The SMILES string of the molecule is N#CC(N)Cc1ccc(Cl)s1. The lowest BCUT2D eigenvalue weighted by Crippen LogP contribution is -2.19. The second-order valence-electron chi connectivity index (χ2n) is 2.15. The average molecular weight is 187 g/mol. The van der Waals surface area contributed by atoms with Gasteiger partial charge in [-0.2, -0.15) is 5.26 Å². The molecule has 0 spiro atoms. The van der Waals surface area contributed by atoms with Crippen LogP contribution in [0.2, 0.25) is 4.34 Å². The topological polar surface area (TPSA) is 49.8 Å². The predicted octanol–water partition coefficient (Wildman–Crippen LogP) is 1.79. The van der Waals surface area contributed by atoms with Gasteiger partial charge in [0.05, 0.1) is 16.4 Å². The Hall–Kier alpha value is -0.560. The van der Waals surface area contributed by atoms with Gasteiger partial charge in [0.1, 0.15) is 0 Å². The van der Waals surface area contributed by atoms with Crippen molar-refractivity contribution >= 4 is 22.9 Å². The molecule has 1 aromatic rings. The molecular weight excluding hydrogens is 180 g/mol. The summed E-state index contributed by atoms with van der Waals surface area (Å²) in [4.78, 5) is 1.06. The van der Waals surface area contributed by atoms with Crippen LogP contribution in [-0.4, -0.2) is 6.04 Å². The van der Waals surface area contributed by atoms with Crippen molar-refractivity contribution in [1.29, 1.82) is 5.26 Å². The third-order valence-corrected chi connectivity index (χ3v) is 2.47. The van der Waals surface area contributed by atoms with Gasteiger partial charge in [0, 0.05) is 11.3 Å². The number of halogens is 1. The Balaban J connectivity index is 2.59. The largest absolute Gasteiger partial charge is 0.316 e. The van der Waals surface area contributed by atoms with Gasteiger partial charge in [-0.3, -0.25) is 0 Å². The Morgan fingerprint density at radius 3 is 2.91 bits per heavy atom. The van der Waals surface area contributed by atoms with E-state index in [9.17, 15) is 0 Å². The first kappa shape index (κ1) is 8.54. The first-order chi connectivity index (χ1) is 5.22. The number of hydrogen-bond donors (Lipinski definition) is 1. The van der Waals surface area contributed by atoms with E-state index in [2.05, 4.69) is 0 Å². The van der Waals surface area contributed by atoms with Crippen LogP contribution >= 0.6 is 22.9 Å². The molecule has 0 aliphatic rings. The van der Waals surface area contributed by atoms with Crippen molar-refractivity contribution in [2.75, 3.05) is 0 Å². The second kappa shape index (κ2) is 3.72. The monoisotopic (exact) mass is 186 g/mol. The fourth-order valence-corrected chi connectivity index (χ4v) is 1.87. The van der Waals surface area contributed by atoms with Gasteiger partial charge < -0.3 is 5.73 Å². The summed E-state index contributed by atoms with van der Waals surface area (Å²) in [6, 6.07) is 5.26. The maximum atomic E-state index is 8.40. The van der Waals surface area contributed by atoms with Crippen molar-refractivity contribution in [3.63, 3.8) is 0 Å². The molecule has 0 aromatic carbocycles. The zero-order valence-corrected chi connectivity index (χ0v) is 7.32. The van der Waals surface area contributed by atoms with Gasteiger partial charge in [-0.05, 0) is 12.1 Å². The number of hydrogen-bond acceptors (Lipinski definition) is 3. The lowest BCUT2D eigenvalue weighted by Gasteiger charge is -1.96. The van der Waals surface area contributed by atoms with Crippen LogP contribution in [0.3, 0.4) is 0 Å². The molecule has 1 rings (SSSR count). The van der Waals surface area contributed by atoms with E-state index in [0.717, 1.165) is 9.21 Å². The van der Waals surface area contributed by atoms with Crippen LogP contribution in [0, 0.1) is 11.3 Å². The molecule has 4 heteroatoms. The normalized spacial score (nSPS) is 12.5. The zero-order valence-electron chi connectivity index (χ0n) is 5.75. The molecule has 0 bridgehead atoms. The van der Waals surface area contributed by atoms with Crippen LogP contribution in [0.1, 0.15) is 4.88 Å². The number of rotatable bonds is 2. The van der Waals surface area contributed by atoms with Crippen molar-refractivity contribution in [3.8, 4) is 6.07 Å².